The van der Waals surface area contributed by atoms with Gasteiger partial charge in [-0.3, -0.25) is 4.57 Å². The Labute approximate surface area is 224 Å². The summed E-state index contributed by atoms with van der Waals surface area (Å²) < 4.78 is 2.32. The Bertz CT molecular complexity index is 2180. The van der Waals surface area contributed by atoms with Crippen LogP contribution in [-0.2, 0) is 0 Å². The zero-order valence-electron chi connectivity index (χ0n) is 21.0. The molecule has 0 saturated heterocycles. The van der Waals surface area contributed by atoms with E-state index in [-0.39, 0.29) is 0 Å². The van der Waals surface area contributed by atoms with Crippen LogP contribution in [0.1, 0.15) is 0 Å². The molecular formula is C36H21N3. The van der Waals surface area contributed by atoms with Crippen molar-refractivity contribution in [3.63, 3.8) is 0 Å². The molecule has 180 valence electrons. The molecule has 39 heavy (non-hydrogen) atoms. The average molecular weight is 496 g/mol. The van der Waals surface area contributed by atoms with E-state index in [9.17, 15) is 0 Å². The highest BCUT2D eigenvalue weighted by molar-refractivity contribution is 6.27. The lowest BCUT2D eigenvalue weighted by molar-refractivity contribution is 1.10. The van der Waals surface area contributed by atoms with Crippen LogP contribution in [0.4, 0.5) is 0 Å². The fourth-order valence-electron chi connectivity index (χ4n) is 6.49. The smallest absolute Gasteiger partial charge is 0.138 e. The molecule has 5 aromatic carbocycles. The monoisotopic (exact) mass is 495 g/mol. The largest absolute Gasteiger partial charge is 0.294 e. The van der Waals surface area contributed by atoms with Gasteiger partial charge in [-0.2, -0.15) is 0 Å². The van der Waals surface area contributed by atoms with Crippen LogP contribution in [0.5, 0.6) is 0 Å². The number of fused-ring (bicyclic) bond motifs is 3. The molecule has 3 nitrogen and oxygen atoms in total. The molecule has 8 aromatic rings. The van der Waals surface area contributed by atoms with Crippen molar-refractivity contribution in [1.29, 1.82) is 0 Å². The average Bonchev–Trinajstić information content (AvgIpc) is 3.29. The van der Waals surface area contributed by atoms with Crippen LogP contribution in [0, 0.1) is 0 Å². The summed E-state index contributed by atoms with van der Waals surface area (Å²) in [5.41, 5.74) is 11.3. The van der Waals surface area contributed by atoms with Gasteiger partial charge in [0.05, 0.1) is 27.8 Å². The quantitative estimate of drug-likeness (QED) is 0.239. The van der Waals surface area contributed by atoms with Crippen LogP contribution in [-0.4, -0.2) is 14.5 Å². The molecule has 1 aliphatic rings. The lowest BCUT2D eigenvalue weighted by Gasteiger charge is -2.13. The van der Waals surface area contributed by atoms with E-state index in [1.165, 1.54) is 54.8 Å². The minimum Gasteiger partial charge on any atom is -0.294 e. The molecule has 0 N–H and O–H groups in total. The van der Waals surface area contributed by atoms with Crippen molar-refractivity contribution in [1.82, 2.24) is 14.5 Å². The van der Waals surface area contributed by atoms with Gasteiger partial charge in [0.2, 0.25) is 0 Å². The molecule has 0 saturated carbocycles. The summed E-state index contributed by atoms with van der Waals surface area (Å²) in [5, 5.41) is 5.17. The van der Waals surface area contributed by atoms with E-state index in [2.05, 4.69) is 114 Å². The molecule has 0 radical (unpaired) electrons. The second-order valence-corrected chi connectivity index (χ2v) is 10.2. The molecule has 1 aliphatic carbocycles. The molecule has 0 spiro atoms. The van der Waals surface area contributed by atoms with Gasteiger partial charge in [0.15, 0.2) is 0 Å². The number of rotatable bonds is 2. The molecule has 0 unspecified atom stereocenters. The van der Waals surface area contributed by atoms with Crippen LogP contribution in [0.25, 0.3) is 82.9 Å². The van der Waals surface area contributed by atoms with Gasteiger partial charge in [-0.25, -0.2) is 9.97 Å². The lowest BCUT2D eigenvalue weighted by atomic mass is 9.93. The van der Waals surface area contributed by atoms with Crippen molar-refractivity contribution in [3.05, 3.63) is 127 Å². The third-order valence-electron chi connectivity index (χ3n) is 8.13. The minimum atomic E-state index is 0.886. The first-order valence-corrected chi connectivity index (χ1v) is 13.3. The first-order chi connectivity index (χ1) is 19.3. The van der Waals surface area contributed by atoms with E-state index >= 15 is 0 Å². The molecule has 0 fully saturated rings. The van der Waals surface area contributed by atoms with E-state index < -0.39 is 0 Å². The van der Waals surface area contributed by atoms with Gasteiger partial charge in [-0.15, -0.1) is 0 Å². The van der Waals surface area contributed by atoms with Crippen LogP contribution in [0.2, 0.25) is 0 Å². The van der Waals surface area contributed by atoms with Gasteiger partial charge in [-0.1, -0.05) is 91.0 Å². The second kappa shape index (κ2) is 7.62. The zero-order valence-corrected chi connectivity index (χ0v) is 21.0. The Morgan fingerprint density at radius 1 is 0.410 bits per heavy atom. The number of hydrogen-bond acceptors (Lipinski definition) is 2. The van der Waals surface area contributed by atoms with Crippen molar-refractivity contribution in [2.24, 2.45) is 0 Å². The third-order valence-corrected chi connectivity index (χ3v) is 8.13. The lowest BCUT2D eigenvalue weighted by Crippen LogP contribution is -1.99. The van der Waals surface area contributed by atoms with E-state index in [0.29, 0.717) is 0 Å². The number of pyridine rings is 2. The zero-order chi connectivity index (χ0) is 25.5. The van der Waals surface area contributed by atoms with Crippen molar-refractivity contribution in [2.75, 3.05) is 0 Å². The predicted molar refractivity (Wildman–Crippen MR) is 161 cm³/mol. The summed E-state index contributed by atoms with van der Waals surface area (Å²) in [6.45, 7) is 0. The summed E-state index contributed by atoms with van der Waals surface area (Å²) >= 11 is 0. The van der Waals surface area contributed by atoms with Crippen LogP contribution in [0.3, 0.4) is 0 Å². The number of benzene rings is 5. The standard InChI is InChI=1S/C36H21N3/c1-2-8-22(9-3-1)28-18-19-30-29(37-28)20-21-33(38-30)39-31-16-6-14-26-24-12-4-10-23-11-5-13-25(34(23)24)27-15-7-17-32(39)36(27)35(26)31/h1-21H. The summed E-state index contributed by atoms with van der Waals surface area (Å²) in [6.07, 6.45) is 0. The maximum Gasteiger partial charge on any atom is 0.138 e. The molecular weight excluding hydrogens is 474 g/mol. The Balaban J connectivity index is 1.34. The van der Waals surface area contributed by atoms with E-state index in [1.54, 1.807) is 0 Å². The van der Waals surface area contributed by atoms with Crippen molar-refractivity contribution in [2.45, 2.75) is 0 Å². The first-order valence-electron chi connectivity index (χ1n) is 13.3. The van der Waals surface area contributed by atoms with Gasteiger partial charge >= 0.3 is 0 Å². The molecule has 3 heteroatoms. The van der Waals surface area contributed by atoms with Crippen molar-refractivity contribution < 1.29 is 0 Å². The summed E-state index contributed by atoms with van der Waals surface area (Å²) in [4.78, 5) is 10.1. The number of nitrogens with zero attached hydrogens (tertiary/aromatic N) is 3. The maximum absolute atomic E-state index is 5.14. The summed E-state index contributed by atoms with van der Waals surface area (Å²) in [7, 11) is 0. The highest BCUT2D eigenvalue weighted by Gasteiger charge is 2.24. The number of hydrogen-bond donors (Lipinski definition) is 0. The maximum atomic E-state index is 5.14. The predicted octanol–water partition coefficient (Wildman–Crippen LogP) is 9.19. The molecule has 0 aliphatic heterocycles. The summed E-state index contributed by atoms with van der Waals surface area (Å²) in [5.74, 6) is 0.901. The Morgan fingerprint density at radius 3 is 1.64 bits per heavy atom. The third kappa shape index (κ3) is 2.82. The van der Waals surface area contributed by atoms with Crippen LogP contribution < -0.4 is 0 Å². The molecule has 0 atom stereocenters. The molecule has 9 rings (SSSR count). The molecule has 0 amide bonds. The number of aromatic nitrogens is 3. The molecule has 3 aromatic heterocycles. The van der Waals surface area contributed by atoms with Gasteiger partial charge in [-0.05, 0) is 69.4 Å². The topological polar surface area (TPSA) is 30.7 Å². The van der Waals surface area contributed by atoms with Crippen molar-refractivity contribution >= 4 is 43.6 Å². The first kappa shape index (κ1) is 20.7. The van der Waals surface area contributed by atoms with Gasteiger partial charge < -0.3 is 0 Å². The fraction of sp³-hybridized carbons (Fsp3) is 0. The highest BCUT2D eigenvalue weighted by Crippen LogP contribution is 2.49. The van der Waals surface area contributed by atoms with Gasteiger partial charge in [0.1, 0.15) is 5.82 Å². The van der Waals surface area contributed by atoms with E-state index in [4.69, 9.17) is 9.97 Å². The van der Waals surface area contributed by atoms with Crippen LogP contribution in [0.15, 0.2) is 127 Å². The summed E-state index contributed by atoms with van der Waals surface area (Å²) in [6, 6.07) is 45.3. The molecule has 3 heterocycles. The molecule has 0 bridgehead atoms. The SMILES string of the molecule is c1ccc(-c2ccc3nc(-n4c5cccc6c5c5c(cccc54)-c4cccc5cccc-6c45)ccc3n2)cc1. The normalized spacial score (nSPS) is 12.1. The van der Waals surface area contributed by atoms with E-state index in [0.717, 1.165) is 28.1 Å². The minimum absolute atomic E-state index is 0.886. The Kier molecular flexibility index (Phi) is 4.05. The van der Waals surface area contributed by atoms with Gasteiger partial charge in [0, 0.05) is 16.3 Å². The second-order valence-electron chi connectivity index (χ2n) is 10.2. The van der Waals surface area contributed by atoms with E-state index in [1.807, 2.05) is 18.2 Å². The Hall–Kier alpha value is -5.28. The highest BCUT2D eigenvalue weighted by atomic mass is 15.1. The van der Waals surface area contributed by atoms with Crippen molar-refractivity contribution in [3.8, 4) is 39.3 Å². The van der Waals surface area contributed by atoms with Crippen LogP contribution >= 0.6 is 0 Å². The fourth-order valence-corrected chi connectivity index (χ4v) is 6.49. The Morgan fingerprint density at radius 2 is 0.974 bits per heavy atom. The van der Waals surface area contributed by atoms with Gasteiger partial charge in [0.25, 0.3) is 0 Å².